The zero-order chi connectivity index (χ0) is 13.8. The second-order valence-corrected chi connectivity index (χ2v) is 6.35. The predicted molar refractivity (Wildman–Crippen MR) is 79.8 cm³/mol. The number of benzene rings is 1. The zero-order valence-corrected chi connectivity index (χ0v) is 12.2. The molecule has 1 aromatic carbocycles. The number of hydrogen-bond donors (Lipinski definition) is 2. The molecule has 0 saturated carbocycles. The zero-order valence-electron chi connectivity index (χ0n) is 12.2. The van der Waals surface area contributed by atoms with Gasteiger partial charge < -0.3 is 11.5 Å². The summed E-state index contributed by atoms with van der Waals surface area (Å²) in [7, 11) is 0. The molecular weight excluding hydrogens is 220 g/mol. The highest BCUT2D eigenvalue weighted by molar-refractivity contribution is 5.29. The van der Waals surface area contributed by atoms with Crippen LogP contribution in [0, 0.1) is 5.92 Å². The highest BCUT2D eigenvalue weighted by Gasteiger charge is 2.15. The second-order valence-electron chi connectivity index (χ2n) is 6.35. The molecule has 0 bridgehead atoms. The van der Waals surface area contributed by atoms with Crippen LogP contribution in [0.3, 0.4) is 0 Å². The Labute approximate surface area is 112 Å². The molecule has 4 N–H and O–H groups in total. The van der Waals surface area contributed by atoms with Gasteiger partial charge in [-0.15, -0.1) is 0 Å². The third kappa shape index (κ3) is 4.11. The van der Waals surface area contributed by atoms with E-state index in [2.05, 4.69) is 52.0 Å². The highest BCUT2D eigenvalue weighted by Crippen LogP contribution is 2.27. The monoisotopic (exact) mass is 248 g/mol. The first-order valence-corrected chi connectivity index (χ1v) is 6.89. The fourth-order valence-electron chi connectivity index (χ4n) is 2.24. The van der Waals surface area contributed by atoms with Gasteiger partial charge in [0, 0.05) is 0 Å². The molecule has 0 spiro atoms. The lowest BCUT2D eigenvalue weighted by molar-refractivity contribution is 0.465. The van der Waals surface area contributed by atoms with Gasteiger partial charge in [-0.05, 0) is 47.9 Å². The van der Waals surface area contributed by atoms with Crippen molar-refractivity contribution in [1.29, 1.82) is 0 Å². The molecule has 0 amide bonds. The largest absolute Gasteiger partial charge is 0.330 e. The van der Waals surface area contributed by atoms with Crippen LogP contribution in [-0.2, 0) is 5.41 Å². The Hall–Kier alpha value is -0.860. The SMILES string of the molecule is CC(CC(CN)CN)c1ccc(C(C)(C)C)cc1. The summed E-state index contributed by atoms with van der Waals surface area (Å²) in [4.78, 5) is 0. The van der Waals surface area contributed by atoms with Crippen molar-refractivity contribution in [3.63, 3.8) is 0 Å². The van der Waals surface area contributed by atoms with Crippen molar-refractivity contribution in [2.24, 2.45) is 17.4 Å². The summed E-state index contributed by atoms with van der Waals surface area (Å²) in [6, 6.07) is 8.97. The molecule has 0 radical (unpaired) electrons. The van der Waals surface area contributed by atoms with Gasteiger partial charge in [-0.1, -0.05) is 52.0 Å². The molecule has 1 atom stereocenters. The maximum absolute atomic E-state index is 5.71. The van der Waals surface area contributed by atoms with Crippen molar-refractivity contribution in [3.05, 3.63) is 35.4 Å². The molecule has 18 heavy (non-hydrogen) atoms. The minimum atomic E-state index is 0.221. The Morgan fingerprint density at radius 2 is 1.50 bits per heavy atom. The lowest BCUT2D eigenvalue weighted by atomic mass is 9.84. The summed E-state index contributed by atoms with van der Waals surface area (Å²) in [6.45, 7) is 10.3. The van der Waals surface area contributed by atoms with E-state index in [1.165, 1.54) is 11.1 Å². The first kappa shape index (κ1) is 15.2. The minimum Gasteiger partial charge on any atom is -0.330 e. The van der Waals surface area contributed by atoms with Crippen LogP contribution >= 0.6 is 0 Å². The first-order valence-electron chi connectivity index (χ1n) is 6.89. The molecule has 1 aromatic rings. The van der Waals surface area contributed by atoms with Gasteiger partial charge in [0.15, 0.2) is 0 Å². The third-order valence-corrected chi connectivity index (χ3v) is 3.70. The lowest BCUT2D eigenvalue weighted by Crippen LogP contribution is -2.24. The van der Waals surface area contributed by atoms with Crippen LogP contribution in [0.15, 0.2) is 24.3 Å². The van der Waals surface area contributed by atoms with Gasteiger partial charge in [-0.3, -0.25) is 0 Å². The number of hydrogen-bond acceptors (Lipinski definition) is 2. The summed E-state index contributed by atoms with van der Waals surface area (Å²) in [6.07, 6.45) is 1.07. The van der Waals surface area contributed by atoms with Crippen molar-refractivity contribution in [2.45, 2.75) is 45.4 Å². The van der Waals surface area contributed by atoms with E-state index in [4.69, 9.17) is 11.5 Å². The Bertz CT molecular complexity index is 344. The predicted octanol–water partition coefficient (Wildman–Crippen LogP) is 3.01. The molecule has 102 valence electrons. The van der Waals surface area contributed by atoms with E-state index in [0.29, 0.717) is 24.9 Å². The third-order valence-electron chi connectivity index (χ3n) is 3.70. The van der Waals surface area contributed by atoms with Crippen molar-refractivity contribution in [1.82, 2.24) is 0 Å². The van der Waals surface area contributed by atoms with Gasteiger partial charge in [-0.25, -0.2) is 0 Å². The van der Waals surface area contributed by atoms with Crippen LogP contribution in [0.2, 0.25) is 0 Å². The molecule has 0 aliphatic rings. The molecule has 0 heterocycles. The standard InChI is InChI=1S/C16H28N2/c1-12(9-13(10-17)11-18)14-5-7-15(8-6-14)16(2,3)4/h5-8,12-13H,9-11,17-18H2,1-4H3. The average molecular weight is 248 g/mol. The van der Waals surface area contributed by atoms with Crippen LogP contribution < -0.4 is 11.5 Å². The molecule has 2 nitrogen and oxygen atoms in total. The fraction of sp³-hybridized carbons (Fsp3) is 0.625. The lowest BCUT2D eigenvalue weighted by Gasteiger charge is -2.22. The van der Waals surface area contributed by atoms with E-state index in [-0.39, 0.29) is 5.41 Å². The summed E-state index contributed by atoms with van der Waals surface area (Å²) < 4.78 is 0. The quantitative estimate of drug-likeness (QED) is 0.841. The van der Waals surface area contributed by atoms with E-state index in [9.17, 15) is 0 Å². The van der Waals surface area contributed by atoms with E-state index in [0.717, 1.165) is 6.42 Å². The van der Waals surface area contributed by atoms with Crippen LogP contribution in [0.25, 0.3) is 0 Å². The van der Waals surface area contributed by atoms with Crippen molar-refractivity contribution >= 4 is 0 Å². The highest BCUT2D eigenvalue weighted by atomic mass is 14.6. The van der Waals surface area contributed by atoms with E-state index in [1.807, 2.05) is 0 Å². The Morgan fingerprint density at radius 1 is 1.00 bits per heavy atom. The molecule has 1 rings (SSSR count). The normalized spacial score (nSPS) is 13.9. The van der Waals surface area contributed by atoms with Gasteiger partial charge in [0.1, 0.15) is 0 Å². The van der Waals surface area contributed by atoms with E-state index < -0.39 is 0 Å². The van der Waals surface area contributed by atoms with Crippen LogP contribution in [0.5, 0.6) is 0 Å². The molecule has 0 aliphatic carbocycles. The molecule has 0 saturated heterocycles. The average Bonchev–Trinajstić information content (AvgIpc) is 2.34. The van der Waals surface area contributed by atoms with Gasteiger partial charge in [0.05, 0.1) is 0 Å². The smallest absolute Gasteiger partial charge is 0.00366 e. The Morgan fingerprint density at radius 3 is 1.89 bits per heavy atom. The maximum Gasteiger partial charge on any atom is -0.00366 e. The van der Waals surface area contributed by atoms with Gasteiger partial charge in [0.2, 0.25) is 0 Å². The van der Waals surface area contributed by atoms with Crippen LogP contribution in [-0.4, -0.2) is 13.1 Å². The van der Waals surface area contributed by atoms with Crippen molar-refractivity contribution in [3.8, 4) is 0 Å². The summed E-state index contributed by atoms with van der Waals surface area (Å²) in [5, 5.41) is 0. The van der Waals surface area contributed by atoms with E-state index in [1.54, 1.807) is 0 Å². The molecule has 0 aromatic heterocycles. The van der Waals surface area contributed by atoms with Crippen molar-refractivity contribution < 1.29 is 0 Å². The van der Waals surface area contributed by atoms with Crippen LogP contribution in [0.1, 0.15) is 51.2 Å². The minimum absolute atomic E-state index is 0.221. The summed E-state index contributed by atoms with van der Waals surface area (Å²) in [5.74, 6) is 0.957. The molecule has 1 unspecified atom stereocenters. The second kappa shape index (κ2) is 6.35. The molecular formula is C16H28N2. The molecule has 0 fully saturated rings. The van der Waals surface area contributed by atoms with Gasteiger partial charge in [0.25, 0.3) is 0 Å². The molecule has 0 aliphatic heterocycles. The van der Waals surface area contributed by atoms with E-state index >= 15 is 0 Å². The fourth-order valence-corrected chi connectivity index (χ4v) is 2.24. The molecule has 2 heteroatoms. The van der Waals surface area contributed by atoms with Crippen LogP contribution in [0.4, 0.5) is 0 Å². The topological polar surface area (TPSA) is 52.0 Å². The number of nitrogens with two attached hydrogens (primary N) is 2. The summed E-state index contributed by atoms with van der Waals surface area (Å²) >= 11 is 0. The maximum atomic E-state index is 5.71. The van der Waals surface area contributed by atoms with Gasteiger partial charge >= 0.3 is 0 Å². The summed E-state index contributed by atoms with van der Waals surface area (Å²) in [5.41, 5.74) is 14.4. The number of rotatable bonds is 5. The first-order chi connectivity index (χ1) is 8.38. The Balaban J connectivity index is 2.73. The van der Waals surface area contributed by atoms with Crippen molar-refractivity contribution in [2.75, 3.05) is 13.1 Å². The van der Waals surface area contributed by atoms with Gasteiger partial charge in [-0.2, -0.15) is 0 Å². The Kier molecular flexibility index (Phi) is 5.36.